The number of quaternary nitrogens is 1. The molecule has 20 heteroatoms. The number of nitrogens with zero attached hydrogens (tertiary/aromatic N) is 9. The van der Waals surface area contributed by atoms with E-state index in [9.17, 15) is 32.3 Å². The Labute approximate surface area is 331 Å². The Kier molecular flexibility index (Phi) is 11.4. The number of amides is 4. The SMILES string of the molecule is Cn1c(-c2cn(-c3ccc(NC(=O)OC(C)(C)C)nn3)nc2C(F)(F)F)cnc1C(=O)Nc1ccc(C(=O)N2CCN(C(=O)C3CC[N+](C)(C)CC3)CC2)c(Cl)c1. The van der Waals surface area contributed by atoms with Gasteiger partial charge >= 0.3 is 12.3 Å². The summed E-state index contributed by atoms with van der Waals surface area (Å²) in [7, 11) is 5.71. The molecule has 4 aromatic rings. The lowest BCUT2D eigenvalue weighted by Crippen LogP contribution is -2.54. The smallest absolute Gasteiger partial charge is 0.435 e. The number of benzene rings is 1. The molecular formula is C37H44ClF3N11O5+. The van der Waals surface area contributed by atoms with Crippen LogP contribution < -0.4 is 10.6 Å². The number of piperidine rings is 1. The third kappa shape index (κ3) is 9.53. The van der Waals surface area contributed by atoms with Crippen molar-refractivity contribution < 1.29 is 41.6 Å². The van der Waals surface area contributed by atoms with Crippen LogP contribution in [0.5, 0.6) is 0 Å². The van der Waals surface area contributed by atoms with Crippen LogP contribution >= 0.6 is 11.6 Å². The monoisotopic (exact) mass is 814 g/mol. The van der Waals surface area contributed by atoms with Crippen molar-refractivity contribution >= 4 is 46.9 Å². The minimum atomic E-state index is -4.90. The number of likely N-dealkylation sites (tertiary alicyclic amines) is 1. The van der Waals surface area contributed by atoms with Gasteiger partial charge in [0.2, 0.25) is 5.91 Å². The lowest BCUT2D eigenvalue weighted by Gasteiger charge is -2.40. The summed E-state index contributed by atoms with van der Waals surface area (Å²) in [6.07, 6.45) is -1.79. The fourth-order valence-electron chi connectivity index (χ4n) is 6.71. The average molecular weight is 815 g/mol. The van der Waals surface area contributed by atoms with Gasteiger partial charge in [0.25, 0.3) is 11.8 Å². The van der Waals surface area contributed by atoms with Gasteiger partial charge in [0.1, 0.15) is 5.60 Å². The van der Waals surface area contributed by atoms with Gasteiger partial charge in [0.15, 0.2) is 23.2 Å². The van der Waals surface area contributed by atoms with Crippen LogP contribution in [0, 0.1) is 5.92 Å². The zero-order chi connectivity index (χ0) is 41.4. The second-order valence-corrected chi connectivity index (χ2v) is 16.1. The van der Waals surface area contributed by atoms with Gasteiger partial charge in [-0.2, -0.15) is 18.3 Å². The summed E-state index contributed by atoms with van der Waals surface area (Å²) in [5.74, 6) is -1.21. The van der Waals surface area contributed by atoms with Gasteiger partial charge in [-0.3, -0.25) is 19.7 Å². The van der Waals surface area contributed by atoms with Crippen LogP contribution in [-0.2, 0) is 22.8 Å². The maximum atomic E-state index is 14.2. The fraction of sp³-hybridized carbons (Fsp3) is 0.459. The molecule has 4 amide bonds. The molecule has 0 spiro atoms. The zero-order valence-electron chi connectivity index (χ0n) is 32.4. The van der Waals surface area contributed by atoms with E-state index in [4.69, 9.17) is 16.3 Å². The highest BCUT2D eigenvalue weighted by Crippen LogP contribution is 2.37. The highest BCUT2D eigenvalue weighted by molar-refractivity contribution is 6.34. The predicted molar refractivity (Wildman–Crippen MR) is 203 cm³/mol. The molecule has 2 aliphatic rings. The van der Waals surface area contributed by atoms with Crippen molar-refractivity contribution in [3.05, 3.63) is 64.8 Å². The molecule has 0 radical (unpaired) electrons. The first-order chi connectivity index (χ1) is 26.7. The first-order valence-electron chi connectivity index (χ1n) is 18.2. The van der Waals surface area contributed by atoms with E-state index in [0.717, 1.165) is 47.5 Å². The molecule has 2 N–H and O–H groups in total. The molecule has 2 saturated heterocycles. The van der Waals surface area contributed by atoms with Gasteiger partial charge in [0.05, 0.1) is 55.2 Å². The van der Waals surface area contributed by atoms with E-state index >= 15 is 0 Å². The number of carbonyl (C=O) groups excluding carboxylic acids is 4. The minimum absolute atomic E-state index is 0.00212. The van der Waals surface area contributed by atoms with Crippen LogP contribution in [0.4, 0.5) is 29.5 Å². The summed E-state index contributed by atoms with van der Waals surface area (Å²) >= 11 is 6.52. The third-order valence-electron chi connectivity index (χ3n) is 9.82. The van der Waals surface area contributed by atoms with E-state index in [2.05, 4.69) is 45.0 Å². The lowest BCUT2D eigenvalue weighted by atomic mass is 9.94. The third-order valence-corrected chi connectivity index (χ3v) is 10.1. The number of hydrogen-bond donors (Lipinski definition) is 2. The number of hydrogen-bond acceptors (Lipinski definition) is 9. The Morgan fingerprint density at radius 3 is 2.19 bits per heavy atom. The molecule has 2 fully saturated rings. The van der Waals surface area contributed by atoms with E-state index in [1.54, 1.807) is 25.7 Å². The number of nitrogens with one attached hydrogen (secondary N) is 2. The number of carbonyl (C=O) groups is 4. The molecule has 3 aromatic heterocycles. The van der Waals surface area contributed by atoms with Gasteiger partial charge in [-0.25, -0.2) is 14.5 Å². The molecule has 0 bridgehead atoms. The van der Waals surface area contributed by atoms with E-state index in [1.807, 2.05) is 4.90 Å². The number of aromatic nitrogens is 6. The molecule has 16 nitrogen and oxygen atoms in total. The Morgan fingerprint density at radius 2 is 1.60 bits per heavy atom. The summed E-state index contributed by atoms with van der Waals surface area (Å²) in [6.45, 7) is 8.52. The topological polar surface area (TPSA) is 169 Å². The molecule has 304 valence electrons. The first-order valence-corrected chi connectivity index (χ1v) is 18.6. The number of halogens is 4. The van der Waals surface area contributed by atoms with Crippen molar-refractivity contribution in [1.29, 1.82) is 0 Å². The van der Waals surface area contributed by atoms with Crippen LogP contribution in [-0.4, -0.2) is 127 Å². The summed E-state index contributed by atoms with van der Waals surface area (Å²) in [6, 6.07) is 7.01. The number of anilines is 2. The summed E-state index contributed by atoms with van der Waals surface area (Å²) in [5.41, 5.74) is -2.04. The first kappa shape index (κ1) is 41.1. The largest absolute Gasteiger partial charge is 0.444 e. The molecular weight excluding hydrogens is 771 g/mol. The Hall–Kier alpha value is -5.56. The van der Waals surface area contributed by atoms with Gasteiger partial charge < -0.3 is 28.9 Å². The molecule has 57 heavy (non-hydrogen) atoms. The van der Waals surface area contributed by atoms with Crippen molar-refractivity contribution in [3.8, 4) is 17.1 Å². The summed E-state index contributed by atoms with van der Waals surface area (Å²) in [5, 5.41) is 16.5. The van der Waals surface area contributed by atoms with Crippen molar-refractivity contribution in [2.75, 3.05) is 64.0 Å². The number of alkyl halides is 3. The van der Waals surface area contributed by atoms with Crippen molar-refractivity contribution in [3.63, 3.8) is 0 Å². The standard InChI is InChI=1S/C37H43ClF3N11O5/c1-36(2,3)57-35(56)44-28-9-10-29(46-45-28)51-21-25(30(47-51)37(39,40)41)27-20-42-31(48(27)4)32(53)43-23-7-8-24(26(38)19-23)34(55)50-15-13-49(14-16-50)33(54)22-11-17-52(5,6)18-12-22/h7-10,19-22H,11-18H2,1-6H3,(H-,43,44,45,53,55,56)/p+1. The maximum absolute atomic E-state index is 14.2. The highest BCUT2D eigenvalue weighted by Gasteiger charge is 2.39. The second kappa shape index (κ2) is 15.8. The Morgan fingerprint density at radius 1 is 0.930 bits per heavy atom. The average Bonchev–Trinajstić information content (AvgIpc) is 3.75. The molecule has 0 atom stereocenters. The Bertz CT molecular complexity index is 2160. The van der Waals surface area contributed by atoms with Crippen LogP contribution in [0.3, 0.4) is 0 Å². The predicted octanol–water partition coefficient (Wildman–Crippen LogP) is 5.11. The maximum Gasteiger partial charge on any atom is 0.435 e. The number of piperazine rings is 1. The van der Waals surface area contributed by atoms with E-state index < -0.39 is 29.5 Å². The van der Waals surface area contributed by atoms with Gasteiger partial charge in [0, 0.05) is 63.9 Å². The van der Waals surface area contributed by atoms with E-state index in [1.165, 1.54) is 41.9 Å². The molecule has 0 aliphatic carbocycles. The minimum Gasteiger partial charge on any atom is -0.444 e. The van der Waals surface area contributed by atoms with E-state index in [0.29, 0.717) is 26.2 Å². The van der Waals surface area contributed by atoms with Crippen molar-refractivity contribution in [1.82, 2.24) is 39.3 Å². The normalized spacial score (nSPS) is 16.3. The molecule has 2 aliphatic heterocycles. The van der Waals surface area contributed by atoms with Gasteiger partial charge in [-0.15, -0.1) is 10.2 Å². The van der Waals surface area contributed by atoms with Crippen molar-refractivity contribution in [2.24, 2.45) is 13.0 Å². The van der Waals surface area contributed by atoms with Gasteiger partial charge in [-0.05, 0) is 51.1 Å². The second-order valence-electron chi connectivity index (χ2n) is 15.7. The molecule has 1 aromatic carbocycles. The molecule has 5 heterocycles. The zero-order valence-corrected chi connectivity index (χ0v) is 33.1. The lowest BCUT2D eigenvalue weighted by molar-refractivity contribution is -0.895. The van der Waals surface area contributed by atoms with E-state index in [-0.39, 0.29) is 62.7 Å². The summed E-state index contributed by atoms with van der Waals surface area (Å²) < 4.78 is 50.8. The van der Waals surface area contributed by atoms with Crippen LogP contribution in [0.1, 0.15) is 60.3 Å². The van der Waals surface area contributed by atoms with Gasteiger partial charge in [-0.1, -0.05) is 11.6 Å². The van der Waals surface area contributed by atoms with Crippen LogP contribution in [0.2, 0.25) is 5.02 Å². The molecule has 0 unspecified atom stereocenters. The van der Waals surface area contributed by atoms with Crippen LogP contribution in [0.15, 0.2) is 42.7 Å². The number of imidazole rings is 1. The molecule has 0 saturated carbocycles. The quantitative estimate of drug-likeness (QED) is 0.241. The molecule has 6 rings (SSSR count). The summed E-state index contributed by atoms with van der Waals surface area (Å²) in [4.78, 5) is 59.5. The highest BCUT2D eigenvalue weighted by atomic mass is 35.5. The van der Waals surface area contributed by atoms with Crippen LogP contribution in [0.25, 0.3) is 17.1 Å². The Balaban J connectivity index is 1.10. The fourth-order valence-corrected chi connectivity index (χ4v) is 6.97. The number of ether oxygens (including phenoxy) is 1. The number of rotatable bonds is 7. The van der Waals surface area contributed by atoms with Crippen molar-refractivity contribution in [2.45, 2.75) is 45.4 Å².